The molecule has 0 saturated carbocycles. The van der Waals surface area contributed by atoms with Crippen molar-refractivity contribution < 1.29 is 0 Å². The Morgan fingerprint density at radius 1 is 1.17 bits per heavy atom. The first-order valence-corrected chi connectivity index (χ1v) is 7.07. The van der Waals surface area contributed by atoms with Crippen molar-refractivity contribution in [3.8, 4) is 0 Å². The van der Waals surface area contributed by atoms with E-state index >= 15 is 0 Å². The van der Waals surface area contributed by atoms with Crippen molar-refractivity contribution in [2.24, 2.45) is 5.41 Å². The molecule has 1 aliphatic heterocycles. The summed E-state index contributed by atoms with van der Waals surface area (Å²) in [4.78, 5) is 2.55. The van der Waals surface area contributed by atoms with Crippen molar-refractivity contribution in [1.82, 2.24) is 10.2 Å². The molecule has 1 saturated heterocycles. The first-order valence-electron chi connectivity index (χ1n) is 6.69. The summed E-state index contributed by atoms with van der Waals surface area (Å²) < 4.78 is 0. The van der Waals surface area contributed by atoms with E-state index in [-0.39, 0.29) is 5.41 Å². The van der Waals surface area contributed by atoms with Crippen LogP contribution in [0.2, 0.25) is 5.02 Å². The second-order valence-electron chi connectivity index (χ2n) is 6.08. The van der Waals surface area contributed by atoms with Crippen molar-refractivity contribution in [3.05, 3.63) is 34.9 Å². The van der Waals surface area contributed by atoms with Gasteiger partial charge in [0.1, 0.15) is 0 Å². The first-order chi connectivity index (χ1) is 8.50. The predicted molar refractivity (Wildman–Crippen MR) is 78.1 cm³/mol. The average molecular weight is 267 g/mol. The summed E-state index contributed by atoms with van der Waals surface area (Å²) in [5.74, 6) is 0. The van der Waals surface area contributed by atoms with Crippen LogP contribution in [0.5, 0.6) is 0 Å². The molecule has 18 heavy (non-hydrogen) atoms. The highest BCUT2D eigenvalue weighted by molar-refractivity contribution is 6.31. The molecule has 1 aliphatic rings. The van der Waals surface area contributed by atoms with E-state index in [1.54, 1.807) is 0 Å². The van der Waals surface area contributed by atoms with Gasteiger partial charge in [-0.05, 0) is 17.0 Å². The lowest BCUT2D eigenvalue weighted by atomic mass is 9.81. The highest BCUT2D eigenvalue weighted by Gasteiger charge is 2.33. The molecular weight excluding hydrogens is 244 g/mol. The van der Waals surface area contributed by atoms with Gasteiger partial charge in [0.2, 0.25) is 0 Å². The zero-order valence-corrected chi connectivity index (χ0v) is 12.3. The topological polar surface area (TPSA) is 15.3 Å². The van der Waals surface area contributed by atoms with E-state index in [2.05, 4.69) is 43.1 Å². The van der Waals surface area contributed by atoms with Gasteiger partial charge in [-0.15, -0.1) is 0 Å². The standard InChI is InChI=1S/C15H23ClN2/c1-15(2,3)14(18-10-8-17-9-11-18)12-6-4-5-7-13(12)16/h4-7,14,17H,8-11H2,1-3H3/t14-/m1/s1. The summed E-state index contributed by atoms with van der Waals surface area (Å²) in [7, 11) is 0. The van der Waals surface area contributed by atoms with Gasteiger partial charge in [-0.3, -0.25) is 4.90 Å². The Kier molecular flexibility index (Phi) is 4.31. The minimum Gasteiger partial charge on any atom is -0.314 e. The summed E-state index contributed by atoms with van der Waals surface area (Å²) >= 11 is 6.40. The van der Waals surface area contributed by atoms with E-state index in [4.69, 9.17) is 11.6 Å². The van der Waals surface area contributed by atoms with Crippen LogP contribution < -0.4 is 5.32 Å². The third kappa shape index (κ3) is 3.05. The number of piperazine rings is 1. The summed E-state index contributed by atoms with van der Waals surface area (Å²) in [5, 5.41) is 4.30. The van der Waals surface area contributed by atoms with Crippen LogP contribution in [0.3, 0.4) is 0 Å². The monoisotopic (exact) mass is 266 g/mol. The summed E-state index contributed by atoms with van der Waals surface area (Å²) in [6, 6.07) is 8.64. The van der Waals surface area contributed by atoms with Crippen LogP contribution in [0.25, 0.3) is 0 Å². The largest absolute Gasteiger partial charge is 0.314 e. The number of hydrogen-bond acceptors (Lipinski definition) is 2. The number of nitrogens with one attached hydrogen (secondary N) is 1. The average Bonchev–Trinajstić information content (AvgIpc) is 2.32. The fraction of sp³-hybridized carbons (Fsp3) is 0.600. The molecule has 2 rings (SSSR count). The molecule has 0 bridgehead atoms. The van der Waals surface area contributed by atoms with Crippen molar-refractivity contribution >= 4 is 11.6 Å². The Bertz CT molecular complexity index is 392. The SMILES string of the molecule is CC(C)(C)[C@@H](c1ccccc1Cl)N1CCNCC1. The zero-order valence-electron chi connectivity index (χ0n) is 11.5. The van der Waals surface area contributed by atoms with Crippen LogP contribution in [0.4, 0.5) is 0 Å². The molecule has 0 aromatic heterocycles. The molecule has 2 nitrogen and oxygen atoms in total. The predicted octanol–water partition coefficient (Wildman–Crippen LogP) is 3.33. The van der Waals surface area contributed by atoms with Crippen LogP contribution in [-0.2, 0) is 0 Å². The molecule has 0 unspecified atom stereocenters. The van der Waals surface area contributed by atoms with E-state index in [0.717, 1.165) is 31.2 Å². The number of nitrogens with zero attached hydrogens (tertiary/aromatic N) is 1. The van der Waals surface area contributed by atoms with Crippen LogP contribution >= 0.6 is 11.6 Å². The number of benzene rings is 1. The third-order valence-electron chi connectivity index (χ3n) is 3.54. The quantitative estimate of drug-likeness (QED) is 0.883. The highest BCUT2D eigenvalue weighted by atomic mass is 35.5. The second-order valence-corrected chi connectivity index (χ2v) is 6.48. The van der Waals surface area contributed by atoms with Gasteiger partial charge in [-0.2, -0.15) is 0 Å². The van der Waals surface area contributed by atoms with E-state index in [1.165, 1.54) is 5.56 Å². The minimum atomic E-state index is 0.183. The number of hydrogen-bond donors (Lipinski definition) is 1. The lowest BCUT2D eigenvalue weighted by Gasteiger charge is -2.43. The molecule has 1 fully saturated rings. The highest BCUT2D eigenvalue weighted by Crippen LogP contribution is 2.40. The van der Waals surface area contributed by atoms with Gasteiger partial charge in [0.25, 0.3) is 0 Å². The van der Waals surface area contributed by atoms with Gasteiger partial charge in [0.15, 0.2) is 0 Å². The summed E-state index contributed by atoms with van der Waals surface area (Å²) in [5.41, 5.74) is 1.44. The van der Waals surface area contributed by atoms with Crippen LogP contribution in [0.1, 0.15) is 32.4 Å². The molecule has 1 aromatic carbocycles. The molecule has 3 heteroatoms. The molecule has 1 N–H and O–H groups in total. The molecule has 0 aliphatic carbocycles. The molecule has 0 amide bonds. The lowest BCUT2D eigenvalue weighted by Crippen LogP contribution is -2.48. The fourth-order valence-electron chi connectivity index (χ4n) is 2.85. The maximum Gasteiger partial charge on any atom is 0.0454 e. The van der Waals surface area contributed by atoms with Crippen LogP contribution in [-0.4, -0.2) is 31.1 Å². The lowest BCUT2D eigenvalue weighted by molar-refractivity contribution is 0.0863. The molecule has 1 atom stereocenters. The second kappa shape index (κ2) is 5.60. The Morgan fingerprint density at radius 3 is 2.33 bits per heavy atom. The van der Waals surface area contributed by atoms with Crippen molar-refractivity contribution in [2.75, 3.05) is 26.2 Å². The van der Waals surface area contributed by atoms with E-state index in [0.29, 0.717) is 6.04 Å². The fourth-order valence-corrected chi connectivity index (χ4v) is 3.09. The Morgan fingerprint density at radius 2 is 1.78 bits per heavy atom. The molecule has 1 aromatic rings. The molecule has 0 spiro atoms. The number of rotatable bonds is 2. The van der Waals surface area contributed by atoms with Crippen molar-refractivity contribution in [2.45, 2.75) is 26.8 Å². The van der Waals surface area contributed by atoms with Gasteiger partial charge in [-0.1, -0.05) is 50.6 Å². The molecule has 0 radical (unpaired) electrons. The Balaban J connectivity index is 2.34. The number of halogens is 1. The minimum absolute atomic E-state index is 0.183. The van der Waals surface area contributed by atoms with E-state index in [1.807, 2.05) is 12.1 Å². The third-order valence-corrected chi connectivity index (χ3v) is 3.88. The summed E-state index contributed by atoms with van der Waals surface area (Å²) in [6.07, 6.45) is 0. The van der Waals surface area contributed by atoms with E-state index < -0.39 is 0 Å². The van der Waals surface area contributed by atoms with Gasteiger partial charge in [0, 0.05) is 37.2 Å². The van der Waals surface area contributed by atoms with Gasteiger partial charge in [0.05, 0.1) is 0 Å². The van der Waals surface area contributed by atoms with Crippen molar-refractivity contribution in [1.29, 1.82) is 0 Å². The smallest absolute Gasteiger partial charge is 0.0454 e. The van der Waals surface area contributed by atoms with E-state index in [9.17, 15) is 0 Å². The maximum absolute atomic E-state index is 6.40. The van der Waals surface area contributed by atoms with Crippen molar-refractivity contribution in [3.63, 3.8) is 0 Å². The van der Waals surface area contributed by atoms with Gasteiger partial charge < -0.3 is 5.32 Å². The van der Waals surface area contributed by atoms with Crippen LogP contribution in [0, 0.1) is 5.41 Å². The molecule has 100 valence electrons. The molecular formula is C15H23ClN2. The normalized spacial score (nSPS) is 19.8. The maximum atomic E-state index is 6.40. The summed E-state index contributed by atoms with van der Waals surface area (Å²) in [6.45, 7) is 11.2. The van der Waals surface area contributed by atoms with Gasteiger partial charge in [-0.25, -0.2) is 0 Å². The Labute approximate surface area is 115 Å². The Hall–Kier alpha value is -0.570. The molecule has 1 heterocycles. The first kappa shape index (κ1) is 13.9. The zero-order chi connectivity index (χ0) is 13.2. The van der Waals surface area contributed by atoms with Gasteiger partial charge >= 0.3 is 0 Å². The van der Waals surface area contributed by atoms with Crippen LogP contribution in [0.15, 0.2) is 24.3 Å².